The first kappa shape index (κ1) is 12.9. The van der Waals surface area contributed by atoms with E-state index < -0.39 is 5.97 Å². The summed E-state index contributed by atoms with van der Waals surface area (Å²) < 4.78 is 2.39. The van der Waals surface area contributed by atoms with Crippen LogP contribution in [-0.4, -0.2) is 20.6 Å². The number of aromatic nitrogens is 2. The van der Waals surface area contributed by atoms with Gasteiger partial charge in [-0.3, -0.25) is 0 Å². The Morgan fingerprint density at radius 1 is 1.29 bits per heavy atom. The van der Waals surface area contributed by atoms with Crippen molar-refractivity contribution in [2.45, 2.75) is 51.0 Å². The second-order valence-corrected chi connectivity index (χ2v) is 7.02. The average Bonchev–Trinajstić information content (AvgIpc) is 3.31. The van der Waals surface area contributed by atoms with Crippen LogP contribution in [0.25, 0.3) is 11.0 Å². The molecule has 110 valence electrons. The van der Waals surface area contributed by atoms with E-state index >= 15 is 0 Å². The topological polar surface area (TPSA) is 55.1 Å². The minimum atomic E-state index is -0.888. The molecule has 4 nitrogen and oxygen atoms in total. The maximum absolute atomic E-state index is 11.2. The lowest BCUT2D eigenvalue weighted by Gasteiger charge is -2.29. The Morgan fingerprint density at radius 2 is 2.00 bits per heavy atom. The van der Waals surface area contributed by atoms with Crippen molar-refractivity contribution >= 4 is 17.0 Å². The van der Waals surface area contributed by atoms with E-state index in [4.69, 9.17) is 10.1 Å². The first-order valence-corrected chi connectivity index (χ1v) is 7.74. The largest absolute Gasteiger partial charge is 0.478 e. The predicted molar refractivity (Wildman–Crippen MR) is 80.7 cm³/mol. The summed E-state index contributed by atoms with van der Waals surface area (Å²) in [6.45, 7) is 4.59. The fourth-order valence-corrected chi connectivity index (χ4v) is 3.43. The number of nitrogens with zero attached hydrogens (tertiary/aromatic N) is 2. The van der Waals surface area contributed by atoms with Gasteiger partial charge in [-0.25, -0.2) is 9.78 Å². The summed E-state index contributed by atoms with van der Waals surface area (Å²) in [4.78, 5) is 16.0. The van der Waals surface area contributed by atoms with Gasteiger partial charge in [0.1, 0.15) is 5.82 Å². The molecule has 0 amide bonds. The minimum absolute atomic E-state index is 0.0669. The molecule has 2 saturated carbocycles. The highest BCUT2D eigenvalue weighted by molar-refractivity contribution is 5.92. The van der Waals surface area contributed by atoms with E-state index in [0.29, 0.717) is 17.4 Å². The van der Waals surface area contributed by atoms with Gasteiger partial charge in [0.15, 0.2) is 0 Å². The van der Waals surface area contributed by atoms with Gasteiger partial charge in [-0.15, -0.1) is 0 Å². The van der Waals surface area contributed by atoms with Crippen LogP contribution in [0.4, 0.5) is 0 Å². The first-order chi connectivity index (χ1) is 9.98. The van der Waals surface area contributed by atoms with Crippen molar-refractivity contribution in [2.75, 3.05) is 0 Å². The monoisotopic (exact) mass is 284 g/mol. The fraction of sp³-hybridized carbons (Fsp3) is 0.529. The minimum Gasteiger partial charge on any atom is -0.478 e. The van der Waals surface area contributed by atoms with E-state index in [0.717, 1.165) is 16.9 Å². The highest BCUT2D eigenvalue weighted by Gasteiger charge is 2.43. The van der Waals surface area contributed by atoms with Crippen LogP contribution in [0.5, 0.6) is 0 Å². The third-order valence-electron chi connectivity index (χ3n) is 5.02. The second kappa shape index (κ2) is 4.09. The molecular weight excluding hydrogens is 264 g/mol. The first-order valence-electron chi connectivity index (χ1n) is 7.74. The maximum Gasteiger partial charge on any atom is 0.335 e. The lowest BCUT2D eigenvalue weighted by atomic mass is 9.97. The van der Waals surface area contributed by atoms with Gasteiger partial charge in [0, 0.05) is 11.5 Å². The third-order valence-corrected chi connectivity index (χ3v) is 5.02. The summed E-state index contributed by atoms with van der Waals surface area (Å²) in [5.74, 6) is 1.54. The van der Waals surface area contributed by atoms with Gasteiger partial charge in [-0.1, -0.05) is 0 Å². The Kier molecular flexibility index (Phi) is 2.51. The van der Waals surface area contributed by atoms with Crippen LogP contribution in [0, 0.1) is 5.92 Å². The molecule has 0 radical (unpaired) electrons. The van der Waals surface area contributed by atoms with E-state index in [1.807, 2.05) is 6.07 Å². The molecule has 2 aliphatic rings. The van der Waals surface area contributed by atoms with Crippen molar-refractivity contribution in [3.05, 3.63) is 29.6 Å². The Bertz CT molecular complexity index is 737. The molecule has 1 aromatic heterocycles. The van der Waals surface area contributed by atoms with Gasteiger partial charge in [-0.2, -0.15) is 0 Å². The molecule has 4 rings (SSSR count). The number of carboxylic acids is 1. The van der Waals surface area contributed by atoms with Gasteiger partial charge >= 0.3 is 5.97 Å². The third kappa shape index (κ3) is 1.96. The number of aromatic carboxylic acids is 1. The van der Waals surface area contributed by atoms with Crippen molar-refractivity contribution in [2.24, 2.45) is 5.92 Å². The van der Waals surface area contributed by atoms with E-state index in [-0.39, 0.29) is 5.54 Å². The summed E-state index contributed by atoms with van der Waals surface area (Å²) in [5, 5.41) is 9.17. The average molecular weight is 284 g/mol. The van der Waals surface area contributed by atoms with E-state index in [2.05, 4.69) is 18.4 Å². The normalized spacial score (nSPS) is 19.1. The second-order valence-electron chi connectivity index (χ2n) is 7.02. The molecule has 21 heavy (non-hydrogen) atoms. The Balaban J connectivity index is 1.94. The lowest BCUT2D eigenvalue weighted by molar-refractivity contribution is 0.0697. The highest BCUT2D eigenvalue weighted by atomic mass is 16.4. The Labute approximate surface area is 123 Å². The number of rotatable bonds is 4. The van der Waals surface area contributed by atoms with Crippen molar-refractivity contribution < 1.29 is 9.90 Å². The maximum atomic E-state index is 11.2. The molecule has 0 unspecified atom stereocenters. The molecule has 4 heteroatoms. The number of hydrogen-bond donors (Lipinski definition) is 1. The van der Waals surface area contributed by atoms with Crippen LogP contribution in [0.1, 0.15) is 61.6 Å². The standard InChI is InChI=1S/C17H20N2O2/c1-17(2,12-6-7-12)19-14-8-5-11(16(20)21)9-13(14)18-15(19)10-3-4-10/h5,8-10,12H,3-4,6-7H2,1-2H3,(H,20,21). The van der Waals surface area contributed by atoms with Gasteiger partial charge in [0.25, 0.3) is 0 Å². The predicted octanol–water partition coefficient (Wildman–Crippen LogP) is 3.76. The van der Waals surface area contributed by atoms with Crippen LogP contribution in [0.3, 0.4) is 0 Å². The molecule has 1 N–H and O–H groups in total. The number of carbonyl (C=O) groups is 1. The van der Waals surface area contributed by atoms with Gasteiger partial charge in [-0.05, 0) is 63.6 Å². The van der Waals surface area contributed by atoms with Gasteiger partial charge in [0.2, 0.25) is 0 Å². The molecule has 2 aromatic rings. The zero-order valence-electron chi connectivity index (χ0n) is 12.5. The van der Waals surface area contributed by atoms with Gasteiger partial charge in [0.05, 0.1) is 16.6 Å². The van der Waals surface area contributed by atoms with Crippen LogP contribution in [-0.2, 0) is 5.54 Å². The molecule has 2 fully saturated rings. The molecular formula is C17H20N2O2. The van der Waals surface area contributed by atoms with Gasteiger partial charge < -0.3 is 9.67 Å². The summed E-state index contributed by atoms with van der Waals surface area (Å²) >= 11 is 0. The molecule has 0 aliphatic heterocycles. The van der Waals surface area contributed by atoms with Crippen LogP contribution in [0.15, 0.2) is 18.2 Å². The highest BCUT2D eigenvalue weighted by Crippen LogP contribution is 2.49. The molecule has 0 atom stereocenters. The van der Waals surface area contributed by atoms with Crippen molar-refractivity contribution in [3.8, 4) is 0 Å². The van der Waals surface area contributed by atoms with Crippen LogP contribution >= 0.6 is 0 Å². The van der Waals surface area contributed by atoms with E-state index in [9.17, 15) is 4.79 Å². The quantitative estimate of drug-likeness (QED) is 0.930. The Morgan fingerprint density at radius 3 is 2.57 bits per heavy atom. The summed E-state index contributed by atoms with van der Waals surface area (Å²) in [5.41, 5.74) is 2.29. The number of fused-ring (bicyclic) bond motifs is 1. The SMILES string of the molecule is CC(C)(C1CC1)n1c(C2CC2)nc2cc(C(=O)O)ccc21. The zero-order valence-corrected chi connectivity index (χ0v) is 12.5. The Hall–Kier alpha value is -1.84. The fourth-order valence-electron chi connectivity index (χ4n) is 3.43. The molecule has 2 aliphatic carbocycles. The van der Waals surface area contributed by atoms with Crippen molar-refractivity contribution in [1.82, 2.24) is 9.55 Å². The smallest absolute Gasteiger partial charge is 0.335 e. The molecule has 0 bridgehead atoms. The molecule has 0 spiro atoms. The number of carboxylic acid groups (broad SMARTS) is 1. The van der Waals surface area contributed by atoms with Crippen molar-refractivity contribution in [1.29, 1.82) is 0 Å². The number of hydrogen-bond acceptors (Lipinski definition) is 2. The van der Waals surface area contributed by atoms with Crippen molar-refractivity contribution in [3.63, 3.8) is 0 Å². The number of benzene rings is 1. The lowest BCUT2D eigenvalue weighted by Crippen LogP contribution is -2.30. The van der Waals surface area contributed by atoms with E-state index in [1.54, 1.807) is 12.1 Å². The summed E-state index contributed by atoms with van der Waals surface area (Å²) in [7, 11) is 0. The number of imidazole rings is 1. The van der Waals surface area contributed by atoms with Crippen LogP contribution < -0.4 is 0 Å². The zero-order chi connectivity index (χ0) is 14.8. The molecule has 1 aromatic carbocycles. The van der Waals surface area contributed by atoms with Crippen LogP contribution in [0.2, 0.25) is 0 Å². The summed E-state index contributed by atoms with van der Waals surface area (Å²) in [6.07, 6.45) is 4.97. The summed E-state index contributed by atoms with van der Waals surface area (Å²) in [6, 6.07) is 5.34. The molecule has 0 saturated heterocycles. The molecule has 1 heterocycles. The van der Waals surface area contributed by atoms with E-state index in [1.165, 1.54) is 25.7 Å².